The van der Waals surface area contributed by atoms with E-state index in [0.29, 0.717) is 6.04 Å². The molecule has 0 bridgehead atoms. The molecule has 1 heterocycles. The summed E-state index contributed by atoms with van der Waals surface area (Å²) < 4.78 is 0. The molecule has 1 atom stereocenters. The van der Waals surface area contributed by atoms with Crippen LogP contribution in [-0.4, -0.2) is 30.6 Å². The molecule has 0 spiro atoms. The van der Waals surface area contributed by atoms with Crippen LogP contribution in [0.1, 0.15) is 31.2 Å². The summed E-state index contributed by atoms with van der Waals surface area (Å²) in [5, 5.41) is 3.63. The van der Waals surface area contributed by atoms with Gasteiger partial charge in [0.2, 0.25) is 0 Å². The fraction of sp³-hybridized carbons (Fsp3) is 0.529. The van der Waals surface area contributed by atoms with Crippen LogP contribution in [0.4, 0.5) is 0 Å². The molecule has 1 unspecified atom stereocenters. The van der Waals surface area contributed by atoms with Gasteiger partial charge in [0.15, 0.2) is 0 Å². The van der Waals surface area contributed by atoms with E-state index in [9.17, 15) is 0 Å². The molecule has 0 amide bonds. The van der Waals surface area contributed by atoms with Crippen molar-refractivity contribution in [1.29, 1.82) is 0 Å². The number of piperidine rings is 1. The molecule has 19 heavy (non-hydrogen) atoms. The summed E-state index contributed by atoms with van der Waals surface area (Å²) >= 11 is 0. The van der Waals surface area contributed by atoms with Crippen molar-refractivity contribution in [2.24, 2.45) is 0 Å². The highest BCUT2D eigenvalue weighted by Crippen LogP contribution is 2.13. The lowest BCUT2D eigenvalue weighted by atomic mass is 10.0. The summed E-state index contributed by atoms with van der Waals surface area (Å²) in [6.07, 6.45) is 9.83. The van der Waals surface area contributed by atoms with Crippen LogP contribution in [-0.2, 0) is 6.54 Å². The van der Waals surface area contributed by atoms with Crippen molar-refractivity contribution in [3.05, 3.63) is 35.9 Å². The summed E-state index contributed by atoms with van der Waals surface area (Å²) in [6, 6.07) is 11.4. The van der Waals surface area contributed by atoms with Crippen LogP contribution >= 0.6 is 0 Å². The van der Waals surface area contributed by atoms with Crippen LogP contribution in [0.15, 0.2) is 30.3 Å². The van der Waals surface area contributed by atoms with E-state index in [1.165, 1.54) is 24.9 Å². The molecular weight excluding hydrogens is 232 g/mol. The average Bonchev–Trinajstić information content (AvgIpc) is 2.45. The summed E-state index contributed by atoms with van der Waals surface area (Å²) in [4.78, 5) is 2.55. The maximum Gasteiger partial charge on any atom is 0.0234 e. The molecule has 1 aliphatic heterocycles. The second kappa shape index (κ2) is 7.99. The number of terminal acetylenes is 1. The van der Waals surface area contributed by atoms with E-state index in [4.69, 9.17) is 6.42 Å². The zero-order valence-corrected chi connectivity index (χ0v) is 11.6. The summed E-state index contributed by atoms with van der Waals surface area (Å²) in [6.45, 7) is 4.50. The van der Waals surface area contributed by atoms with Crippen molar-refractivity contribution in [1.82, 2.24) is 10.2 Å². The lowest BCUT2D eigenvalue weighted by Crippen LogP contribution is -2.45. The predicted molar refractivity (Wildman–Crippen MR) is 80.8 cm³/mol. The molecule has 2 rings (SSSR count). The fourth-order valence-corrected chi connectivity index (χ4v) is 2.70. The third-order valence-electron chi connectivity index (χ3n) is 3.69. The van der Waals surface area contributed by atoms with Crippen molar-refractivity contribution >= 4 is 0 Å². The molecule has 1 aliphatic rings. The molecule has 102 valence electrons. The van der Waals surface area contributed by atoms with E-state index in [-0.39, 0.29) is 0 Å². The number of hydrogen-bond donors (Lipinski definition) is 1. The molecule has 1 fully saturated rings. The zero-order valence-electron chi connectivity index (χ0n) is 11.6. The first-order chi connectivity index (χ1) is 9.38. The monoisotopic (exact) mass is 256 g/mol. The highest BCUT2D eigenvalue weighted by molar-refractivity contribution is 5.14. The van der Waals surface area contributed by atoms with Gasteiger partial charge >= 0.3 is 0 Å². The van der Waals surface area contributed by atoms with Gasteiger partial charge in [0.1, 0.15) is 0 Å². The topological polar surface area (TPSA) is 15.3 Å². The van der Waals surface area contributed by atoms with Gasteiger partial charge in [-0.25, -0.2) is 0 Å². The van der Waals surface area contributed by atoms with Gasteiger partial charge in [-0.1, -0.05) is 30.3 Å². The van der Waals surface area contributed by atoms with Gasteiger partial charge in [0.05, 0.1) is 0 Å². The minimum absolute atomic E-state index is 0.634. The largest absolute Gasteiger partial charge is 0.313 e. The van der Waals surface area contributed by atoms with Crippen LogP contribution in [0.3, 0.4) is 0 Å². The van der Waals surface area contributed by atoms with Crippen molar-refractivity contribution in [2.45, 2.75) is 38.3 Å². The maximum atomic E-state index is 5.27. The van der Waals surface area contributed by atoms with Crippen LogP contribution in [0.25, 0.3) is 0 Å². The molecule has 1 N–H and O–H groups in total. The van der Waals surface area contributed by atoms with Gasteiger partial charge in [-0.3, -0.25) is 4.90 Å². The van der Waals surface area contributed by atoms with E-state index in [1.54, 1.807) is 0 Å². The number of rotatable bonds is 6. The molecular formula is C17H24N2. The third-order valence-corrected chi connectivity index (χ3v) is 3.69. The second-order valence-electron chi connectivity index (χ2n) is 5.32. The number of unbranched alkanes of at least 4 members (excludes halogenated alkanes) is 1. The van der Waals surface area contributed by atoms with Gasteiger partial charge < -0.3 is 5.32 Å². The highest BCUT2D eigenvalue weighted by atomic mass is 15.2. The molecule has 2 heteroatoms. The van der Waals surface area contributed by atoms with Gasteiger partial charge in [-0.15, -0.1) is 12.3 Å². The Kier molecular flexibility index (Phi) is 5.94. The minimum Gasteiger partial charge on any atom is -0.313 e. The number of hydrogen-bond acceptors (Lipinski definition) is 2. The van der Waals surface area contributed by atoms with Crippen LogP contribution in [0.2, 0.25) is 0 Å². The Labute approximate surface area is 117 Å². The average molecular weight is 256 g/mol. The van der Waals surface area contributed by atoms with Gasteiger partial charge in [-0.05, 0) is 37.9 Å². The minimum atomic E-state index is 0.634. The van der Waals surface area contributed by atoms with E-state index in [1.807, 2.05) is 0 Å². The van der Waals surface area contributed by atoms with Crippen molar-refractivity contribution in [3.8, 4) is 12.3 Å². The molecule has 2 nitrogen and oxygen atoms in total. The van der Waals surface area contributed by atoms with E-state index < -0.39 is 0 Å². The molecule has 1 aromatic carbocycles. The van der Waals surface area contributed by atoms with Crippen molar-refractivity contribution in [3.63, 3.8) is 0 Å². The number of benzene rings is 1. The Morgan fingerprint density at radius 1 is 1.32 bits per heavy atom. The first-order valence-corrected chi connectivity index (χ1v) is 7.31. The molecule has 0 radical (unpaired) electrons. The highest BCUT2D eigenvalue weighted by Gasteiger charge is 2.18. The van der Waals surface area contributed by atoms with E-state index in [0.717, 1.165) is 32.5 Å². The van der Waals surface area contributed by atoms with Crippen LogP contribution < -0.4 is 5.32 Å². The smallest absolute Gasteiger partial charge is 0.0234 e. The molecule has 1 aromatic rings. The van der Waals surface area contributed by atoms with Gasteiger partial charge in [0.25, 0.3) is 0 Å². The van der Waals surface area contributed by atoms with Crippen LogP contribution in [0.5, 0.6) is 0 Å². The molecule has 0 saturated carbocycles. The zero-order chi connectivity index (χ0) is 13.3. The van der Waals surface area contributed by atoms with Crippen molar-refractivity contribution < 1.29 is 0 Å². The first kappa shape index (κ1) is 14.1. The standard InChI is InChI=1S/C17H24N2/c1-2-3-7-12-18-17-11-8-13-19(15-17)14-16-9-5-4-6-10-16/h1,4-6,9-10,17-18H,3,7-8,11-15H2. The fourth-order valence-electron chi connectivity index (χ4n) is 2.70. The lowest BCUT2D eigenvalue weighted by molar-refractivity contribution is 0.183. The summed E-state index contributed by atoms with van der Waals surface area (Å²) in [7, 11) is 0. The van der Waals surface area contributed by atoms with E-state index in [2.05, 4.69) is 46.5 Å². The lowest BCUT2D eigenvalue weighted by Gasteiger charge is -2.33. The Balaban J connectivity index is 1.73. The molecule has 0 aromatic heterocycles. The maximum absolute atomic E-state index is 5.27. The summed E-state index contributed by atoms with van der Waals surface area (Å²) in [5.41, 5.74) is 1.41. The van der Waals surface area contributed by atoms with Gasteiger partial charge in [0, 0.05) is 25.6 Å². The SMILES string of the molecule is C#CCCCNC1CCCN(Cc2ccccc2)C1. The van der Waals surface area contributed by atoms with Gasteiger partial charge in [-0.2, -0.15) is 0 Å². The molecule has 1 saturated heterocycles. The van der Waals surface area contributed by atoms with E-state index >= 15 is 0 Å². The van der Waals surface area contributed by atoms with Crippen molar-refractivity contribution in [2.75, 3.05) is 19.6 Å². The number of nitrogens with one attached hydrogen (secondary N) is 1. The number of likely N-dealkylation sites (tertiary alicyclic amines) is 1. The first-order valence-electron chi connectivity index (χ1n) is 7.31. The normalized spacial score (nSPS) is 20.1. The third kappa shape index (κ3) is 5.06. The summed E-state index contributed by atoms with van der Waals surface area (Å²) in [5.74, 6) is 2.70. The Hall–Kier alpha value is -1.30. The predicted octanol–water partition coefficient (Wildman–Crippen LogP) is 2.65. The van der Waals surface area contributed by atoms with Crippen LogP contribution in [0, 0.1) is 12.3 Å². The quantitative estimate of drug-likeness (QED) is 0.622. The number of nitrogens with zero attached hydrogens (tertiary/aromatic N) is 1. The molecule has 0 aliphatic carbocycles. The Bertz CT molecular complexity index is 393. The second-order valence-corrected chi connectivity index (χ2v) is 5.32. The Morgan fingerprint density at radius 3 is 2.95 bits per heavy atom. The Morgan fingerprint density at radius 2 is 2.16 bits per heavy atom.